The SMILES string of the molecule is CCC(NC)c1ccc(-n2ccnc2C#N)cn1. The number of rotatable bonds is 4. The first-order valence-electron chi connectivity index (χ1n) is 5.87. The molecular weight excluding hydrogens is 226 g/mol. The third-order valence-corrected chi connectivity index (χ3v) is 2.90. The first kappa shape index (κ1) is 12.3. The standard InChI is InChI=1S/C13H15N5/c1-3-11(15-2)12-5-4-10(9-17-12)18-7-6-16-13(18)8-14/h4-7,9,11,15H,3H2,1-2H3. The second-order valence-corrected chi connectivity index (χ2v) is 3.92. The van der Waals surface area contributed by atoms with E-state index in [2.05, 4.69) is 22.2 Å². The number of aromatic nitrogens is 3. The summed E-state index contributed by atoms with van der Waals surface area (Å²) in [7, 11) is 1.92. The van der Waals surface area contributed by atoms with Crippen LogP contribution in [0, 0.1) is 11.3 Å². The Morgan fingerprint density at radius 1 is 1.44 bits per heavy atom. The van der Waals surface area contributed by atoms with Gasteiger partial charge in [0.25, 0.3) is 0 Å². The van der Waals surface area contributed by atoms with Crippen LogP contribution in [0.15, 0.2) is 30.7 Å². The van der Waals surface area contributed by atoms with Crippen molar-refractivity contribution in [1.82, 2.24) is 19.9 Å². The van der Waals surface area contributed by atoms with E-state index in [1.807, 2.05) is 25.2 Å². The highest BCUT2D eigenvalue weighted by Gasteiger charge is 2.09. The average molecular weight is 241 g/mol. The van der Waals surface area contributed by atoms with Crippen molar-refractivity contribution in [3.8, 4) is 11.8 Å². The fourth-order valence-corrected chi connectivity index (χ4v) is 1.90. The molecule has 0 fully saturated rings. The van der Waals surface area contributed by atoms with E-state index in [-0.39, 0.29) is 6.04 Å². The van der Waals surface area contributed by atoms with Crippen molar-refractivity contribution in [3.63, 3.8) is 0 Å². The van der Waals surface area contributed by atoms with Crippen molar-refractivity contribution < 1.29 is 0 Å². The lowest BCUT2D eigenvalue weighted by atomic mass is 10.1. The monoisotopic (exact) mass is 241 g/mol. The minimum atomic E-state index is 0.261. The van der Waals surface area contributed by atoms with Gasteiger partial charge in [0.1, 0.15) is 6.07 Å². The number of nitrogens with one attached hydrogen (secondary N) is 1. The van der Waals surface area contributed by atoms with E-state index in [0.717, 1.165) is 17.8 Å². The van der Waals surface area contributed by atoms with Crippen LogP contribution in [0.25, 0.3) is 5.69 Å². The molecule has 0 saturated carbocycles. The number of nitriles is 1. The van der Waals surface area contributed by atoms with E-state index in [0.29, 0.717) is 5.82 Å². The summed E-state index contributed by atoms with van der Waals surface area (Å²) in [4.78, 5) is 8.39. The summed E-state index contributed by atoms with van der Waals surface area (Å²) in [5.74, 6) is 0.366. The van der Waals surface area contributed by atoms with Crippen molar-refractivity contribution in [2.24, 2.45) is 0 Å². The van der Waals surface area contributed by atoms with Gasteiger partial charge in [-0.3, -0.25) is 9.55 Å². The molecule has 1 unspecified atom stereocenters. The van der Waals surface area contributed by atoms with Crippen molar-refractivity contribution in [2.75, 3.05) is 7.05 Å². The molecule has 2 aromatic rings. The molecule has 0 aliphatic rings. The predicted octanol–water partition coefficient (Wildman–Crippen LogP) is 1.81. The van der Waals surface area contributed by atoms with Gasteiger partial charge in [-0.1, -0.05) is 6.92 Å². The molecule has 1 N–H and O–H groups in total. The number of imidazole rings is 1. The zero-order chi connectivity index (χ0) is 13.0. The van der Waals surface area contributed by atoms with Crippen LogP contribution in [-0.4, -0.2) is 21.6 Å². The minimum Gasteiger partial charge on any atom is -0.312 e. The van der Waals surface area contributed by atoms with Gasteiger partial charge in [0.05, 0.1) is 17.6 Å². The van der Waals surface area contributed by atoms with E-state index in [1.54, 1.807) is 23.2 Å². The molecule has 5 heteroatoms. The molecule has 0 amide bonds. The third kappa shape index (κ3) is 2.24. The molecule has 2 aromatic heterocycles. The first-order chi connectivity index (χ1) is 8.80. The summed E-state index contributed by atoms with van der Waals surface area (Å²) in [5.41, 5.74) is 1.85. The second kappa shape index (κ2) is 5.43. The smallest absolute Gasteiger partial charge is 0.217 e. The molecule has 0 saturated heterocycles. The Balaban J connectivity index is 2.31. The van der Waals surface area contributed by atoms with Crippen LogP contribution in [-0.2, 0) is 0 Å². The van der Waals surface area contributed by atoms with Gasteiger partial charge in [0, 0.05) is 18.4 Å². The third-order valence-electron chi connectivity index (χ3n) is 2.90. The maximum absolute atomic E-state index is 8.92. The molecule has 0 aliphatic carbocycles. The van der Waals surface area contributed by atoms with E-state index in [9.17, 15) is 0 Å². The molecule has 0 bridgehead atoms. The lowest BCUT2D eigenvalue weighted by Gasteiger charge is -2.13. The quantitative estimate of drug-likeness (QED) is 0.886. The largest absolute Gasteiger partial charge is 0.312 e. The van der Waals surface area contributed by atoms with Gasteiger partial charge in [-0.25, -0.2) is 4.98 Å². The van der Waals surface area contributed by atoms with Crippen molar-refractivity contribution in [3.05, 3.63) is 42.2 Å². The van der Waals surface area contributed by atoms with Crippen LogP contribution in [0.1, 0.15) is 30.9 Å². The maximum Gasteiger partial charge on any atom is 0.217 e. The summed E-state index contributed by atoms with van der Waals surface area (Å²) >= 11 is 0. The Morgan fingerprint density at radius 2 is 2.28 bits per heavy atom. The molecule has 18 heavy (non-hydrogen) atoms. The van der Waals surface area contributed by atoms with Crippen LogP contribution in [0.4, 0.5) is 0 Å². The second-order valence-electron chi connectivity index (χ2n) is 3.92. The van der Waals surface area contributed by atoms with Gasteiger partial charge in [-0.05, 0) is 25.6 Å². The predicted molar refractivity (Wildman–Crippen MR) is 68.2 cm³/mol. The highest BCUT2D eigenvalue weighted by atomic mass is 15.1. The van der Waals surface area contributed by atoms with Crippen molar-refractivity contribution in [1.29, 1.82) is 5.26 Å². The van der Waals surface area contributed by atoms with Gasteiger partial charge in [-0.2, -0.15) is 5.26 Å². The van der Waals surface area contributed by atoms with Gasteiger partial charge in [-0.15, -0.1) is 0 Å². The number of nitrogens with zero attached hydrogens (tertiary/aromatic N) is 4. The molecule has 92 valence electrons. The summed E-state index contributed by atoms with van der Waals surface area (Å²) in [6, 6.07) is 6.23. The van der Waals surface area contributed by atoms with Crippen LogP contribution >= 0.6 is 0 Å². The molecule has 0 aromatic carbocycles. The Bertz CT molecular complexity index is 546. The van der Waals surface area contributed by atoms with E-state index < -0.39 is 0 Å². The van der Waals surface area contributed by atoms with Crippen LogP contribution in [0.2, 0.25) is 0 Å². The fraction of sp³-hybridized carbons (Fsp3) is 0.308. The van der Waals surface area contributed by atoms with Crippen LogP contribution in [0.3, 0.4) is 0 Å². The van der Waals surface area contributed by atoms with Crippen LogP contribution < -0.4 is 5.32 Å². The average Bonchev–Trinajstić information content (AvgIpc) is 2.89. The highest BCUT2D eigenvalue weighted by molar-refractivity contribution is 5.34. The van der Waals surface area contributed by atoms with E-state index in [4.69, 9.17) is 5.26 Å². The number of hydrogen-bond acceptors (Lipinski definition) is 4. The normalized spacial score (nSPS) is 12.1. The molecule has 2 heterocycles. The summed E-state index contributed by atoms with van der Waals surface area (Å²) in [5, 5.41) is 12.1. The topological polar surface area (TPSA) is 66.5 Å². The lowest BCUT2D eigenvalue weighted by molar-refractivity contribution is 0.561. The van der Waals surface area contributed by atoms with E-state index >= 15 is 0 Å². The fourth-order valence-electron chi connectivity index (χ4n) is 1.90. The molecule has 1 atom stereocenters. The Hall–Kier alpha value is -2.19. The molecule has 2 rings (SSSR count). The zero-order valence-electron chi connectivity index (χ0n) is 10.5. The molecule has 0 spiro atoms. The molecular formula is C13H15N5. The summed E-state index contributed by atoms with van der Waals surface area (Å²) in [6.45, 7) is 2.11. The zero-order valence-corrected chi connectivity index (χ0v) is 10.5. The minimum absolute atomic E-state index is 0.261. The maximum atomic E-state index is 8.92. The van der Waals surface area contributed by atoms with Gasteiger partial charge < -0.3 is 5.32 Å². The summed E-state index contributed by atoms with van der Waals surface area (Å²) < 4.78 is 1.72. The Kier molecular flexibility index (Phi) is 3.70. The molecule has 0 radical (unpaired) electrons. The number of hydrogen-bond donors (Lipinski definition) is 1. The van der Waals surface area contributed by atoms with Crippen LogP contribution in [0.5, 0.6) is 0 Å². The van der Waals surface area contributed by atoms with Gasteiger partial charge in [0.15, 0.2) is 0 Å². The molecule has 0 aliphatic heterocycles. The Morgan fingerprint density at radius 3 is 2.83 bits per heavy atom. The van der Waals surface area contributed by atoms with Crippen molar-refractivity contribution in [2.45, 2.75) is 19.4 Å². The van der Waals surface area contributed by atoms with E-state index in [1.165, 1.54) is 0 Å². The summed E-state index contributed by atoms with van der Waals surface area (Å²) in [6.07, 6.45) is 6.11. The number of pyridine rings is 1. The highest BCUT2D eigenvalue weighted by Crippen LogP contribution is 2.16. The first-order valence-corrected chi connectivity index (χ1v) is 5.87. The molecule has 5 nitrogen and oxygen atoms in total. The van der Waals surface area contributed by atoms with Gasteiger partial charge in [0.2, 0.25) is 5.82 Å². The van der Waals surface area contributed by atoms with Gasteiger partial charge >= 0.3 is 0 Å². The lowest BCUT2D eigenvalue weighted by Crippen LogP contribution is -2.16. The van der Waals surface area contributed by atoms with Crippen molar-refractivity contribution >= 4 is 0 Å². The Labute approximate surface area is 106 Å².